The van der Waals surface area contributed by atoms with Crippen LogP contribution in [0.3, 0.4) is 0 Å². The summed E-state index contributed by atoms with van der Waals surface area (Å²) in [5.74, 6) is 0.125. The van der Waals surface area contributed by atoms with E-state index in [1.54, 1.807) is 0 Å². The van der Waals surface area contributed by atoms with E-state index in [4.69, 9.17) is 0 Å². The summed E-state index contributed by atoms with van der Waals surface area (Å²) >= 11 is 0. The molecule has 1 N–H and O–H groups in total. The minimum atomic E-state index is 0.125. The molecule has 0 radical (unpaired) electrons. The van der Waals surface area contributed by atoms with Gasteiger partial charge in [0, 0.05) is 6.42 Å². The standard InChI is InChI=1S/C11H22N2O/c1-4-5-6-7-8-9-11(14)12-10-13(2)3/h6-7H,4-5,8-10H2,1-3H3,(H,12,14)/b7-6+. The van der Waals surface area contributed by atoms with Gasteiger partial charge >= 0.3 is 0 Å². The zero-order chi connectivity index (χ0) is 10.8. The third-order valence-corrected chi connectivity index (χ3v) is 1.75. The van der Waals surface area contributed by atoms with Crippen LogP contribution in [-0.2, 0) is 4.79 Å². The van der Waals surface area contributed by atoms with E-state index in [0.717, 1.165) is 12.8 Å². The molecule has 0 aromatic heterocycles. The van der Waals surface area contributed by atoms with Crippen LogP contribution >= 0.6 is 0 Å². The molecule has 0 aliphatic rings. The summed E-state index contributed by atoms with van der Waals surface area (Å²) in [4.78, 5) is 13.1. The topological polar surface area (TPSA) is 32.3 Å². The van der Waals surface area contributed by atoms with E-state index in [2.05, 4.69) is 24.4 Å². The van der Waals surface area contributed by atoms with E-state index < -0.39 is 0 Å². The zero-order valence-electron chi connectivity index (χ0n) is 9.55. The van der Waals surface area contributed by atoms with Crippen molar-refractivity contribution in [3.8, 4) is 0 Å². The molecular weight excluding hydrogens is 176 g/mol. The van der Waals surface area contributed by atoms with Crippen molar-refractivity contribution < 1.29 is 4.79 Å². The second-order valence-electron chi connectivity index (χ2n) is 3.64. The number of hydrogen-bond donors (Lipinski definition) is 1. The molecule has 3 nitrogen and oxygen atoms in total. The maximum absolute atomic E-state index is 11.2. The minimum Gasteiger partial charge on any atom is -0.343 e. The monoisotopic (exact) mass is 198 g/mol. The molecule has 14 heavy (non-hydrogen) atoms. The smallest absolute Gasteiger partial charge is 0.221 e. The molecule has 0 aromatic rings. The molecule has 0 atom stereocenters. The van der Waals surface area contributed by atoms with Gasteiger partial charge in [-0.25, -0.2) is 0 Å². The molecule has 3 heteroatoms. The molecular formula is C11H22N2O. The van der Waals surface area contributed by atoms with Crippen LogP contribution in [0.25, 0.3) is 0 Å². The van der Waals surface area contributed by atoms with Gasteiger partial charge < -0.3 is 5.32 Å². The Balaban J connectivity index is 3.35. The van der Waals surface area contributed by atoms with E-state index in [9.17, 15) is 4.79 Å². The second kappa shape index (κ2) is 8.75. The Morgan fingerprint density at radius 1 is 1.29 bits per heavy atom. The largest absolute Gasteiger partial charge is 0.343 e. The summed E-state index contributed by atoms with van der Waals surface area (Å²) in [5, 5.41) is 2.83. The van der Waals surface area contributed by atoms with Gasteiger partial charge in [0.05, 0.1) is 6.67 Å². The number of nitrogens with one attached hydrogen (secondary N) is 1. The average molecular weight is 198 g/mol. The highest BCUT2D eigenvalue weighted by atomic mass is 16.1. The fraction of sp³-hybridized carbons (Fsp3) is 0.727. The Bertz CT molecular complexity index is 176. The van der Waals surface area contributed by atoms with Crippen LogP contribution in [0.1, 0.15) is 32.6 Å². The first kappa shape index (κ1) is 13.2. The van der Waals surface area contributed by atoms with E-state index in [1.165, 1.54) is 6.42 Å². The van der Waals surface area contributed by atoms with Crippen molar-refractivity contribution in [2.24, 2.45) is 0 Å². The molecule has 1 amide bonds. The second-order valence-corrected chi connectivity index (χ2v) is 3.64. The number of carbonyl (C=O) groups excluding carboxylic acids is 1. The zero-order valence-corrected chi connectivity index (χ0v) is 9.55. The van der Waals surface area contributed by atoms with Gasteiger partial charge in [-0.15, -0.1) is 0 Å². The van der Waals surface area contributed by atoms with E-state index in [0.29, 0.717) is 13.1 Å². The third kappa shape index (κ3) is 9.26. The maximum Gasteiger partial charge on any atom is 0.221 e. The van der Waals surface area contributed by atoms with Crippen molar-refractivity contribution in [1.82, 2.24) is 10.2 Å². The third-order valence-electron chi connectivity index (χ3n) is 1.75. The molecule has 0 fully saturated rings. The van der Waals surface area contributed by atoms with Gasteiger partial charge in [0.2, 0.25) is 5.91 Å². The van der Waals surface area contributed by atoms with Crippen molar-refractivity contribution in [1.29, 1.82) is 0 Å². The molecule has 0 aliphatic heterocycles. The van der Waals surface area contributed by atoms with Gasteiger partial charge in [0.1, 0.15) is 0 Å². The molecule has 0 unspecified atom stereocenters. The van der Waals surface area contributed by atoms with Crippen LogP contribution in [0, 0.1) is 0 Å². The highest BCUT2D eigenvalue weighted by Crippen LogP contribution is 1.94. The first-order valence-electron chi connectivity index (χ1n) is 5.23. The predicted molar refractivity (Wildman–Crippen MR) is 60.0 cm³/mol. The Labute approximate surface area is 87.2 Å². The summed E-state index contributed by atoms with van der Waals surface area (Å²) in [6.45, 7) is 2.77. The van der Waals surface area contributed by atoms with Crippen molar-refractivity contribution in [2.45, 2.75) is 32.6 Å². The van der Waals surface area contributed by atoms with Crippen LogP contribution < -0.4 is 5.32 Å². The van der Waals surface area contributed by atoms with Crippen molar-refractivity contribution in [2.75, 3.05) is 20.8 Å². The fourth-order valence-electron chi connectivity index (χ4n) is 0.951. The first-order chi connectivity index (χ1) is 6.66. The van der Waals surface area contributed by atoms with E-state index in [-0.39, 0.29) is 5.91 Å². The molecule has 0 saturated heterocycles. The molecule has 0 rings (SSSR count). The SMILES string of the molecule is CCC/C=C/CCC(=O)NCN(C)C. The number of nitrogens with zero attached hydrogens (tertiary/aromatic N) is 1. The Hall–Kier alpha value is -0.830. The lowest BCUT2D eigenvalue weighted by atomic mass is 10.2. The number of amides is 1. The van der Waals surface area contributed by atoms with E-state index in [1.807, 2.05) is 19.0 Å². The summed E-state index contributed by atoms with van der Waals surface area (Å²) in [6, 6.07) is 0. The molecule has 0 aromatic carbocycles. The summed E-state index contributed by atoms with van der Waals surface area (Å²) in [7, 11) is 3.86. The number of hydrogen-bond acceptors (Lipinski definition) is 2. The Morgan fingerprint density at radius 2 is 1.93 bits per heavy atom. The lowest BCUT2D eigenvalue weighted by Gasteiger charge is -2.10. The fourth-order valence-corrected chi connectivity index (χ4v) is 0.951. The predicted octanol–water partition coefficient (Wildman–Crippen LogP) is 1.76. The van der Waals surface area contributed by atoms with Gasteiger partial charge in [-0.1, -0.05) is 25.5 Å². The van der Waals surface area contributed by atoms with Crippen molar-refractivity contribution >= 4 is 5.91 Å². The van der Waals surface area contributed by atoms with Gasteiger partial charge in [0.15, 0.2) is 0 Å². The summed E-state index contributed by atoms with van der Waals surface area (Å²) in [5.41, 5.74) is 0. The highest BCUT2D eigenvalue weighted by molar-refractivity contribution is 5.75. The minimum absolute atomic E-state index is 0.125. The summed E-state index contributed by atoms with van der Waals surface area (Å²) in [6.07, 6.45) is 7.94. The van der Waals surface area contributed by atoms with Gasteiger partial charge in [-0.05, 0) is 26.9 Å². The van der Waals surface area contributed by atoms with Crippen LogP contribution in [0.15, 0.2) is 12.2 Å². The maximum atomic E-state index is 11.2. The number of rotatable bonds is 7. The van der Waals surface area contributed by atoms with Gasteiger partial charge in [-0.2, -0.15) is 0 Å². The first-order valence-corrected chi connectivity index (χ1v) is 5.23. The molecule has 0 spiro atoms. The lowest BCUT2D eigenvalue weighted by Crippen LogP contribution is -2.32. The summed E-state index contributed by atoms with van der Waals surface area (Å²) < 4.78 is 0. The Morgan fingerprint density at radius 3 is 2.50 bits per heavy atom. The molecule has 82 valence electrons. The molecule has 0 heterocycles. The number of carbonyl (C=O) groups is 1. The van der Waals surface area contributed by atoms with E-state index >= 15 is 0 Å². The van der Waals surface area contributed by atoms with Gasteiger partial charge in [0.25, 0.3) is 0 Å². The lowest BCUT2D eigenvalue weighted by molar-refractivity contribution is -0.121. The number of unbranched alkanes of at least 4 members (excludes halogenated alkanes) is 1. The molecule has 0 bridgehead atoms. The average Bonchev–Trinajstić information content (AvgIpc) is 2.14. The van der Waals surface area contributed by atoms with Crippen molar-refractivity contribution in [3.63, 3.8) is 0 Å². The Kier molecular flexibility index (Phi) is 8.24. The van der Waals surface area contributed by atoms with Crippen LogP contribution in [0.5, 0.6) is 0 Å². The highest BCUT2D eigenvalue weighted by Gasteiger charge is 1.98. The van der Waals surface area contributed by atoms with Crippen LogP contribution in [0.2, 0.25) is 0 Å². The quantitative estimate of drug-likeness (QED) is 0.499. The molecule has 0 saturated carbocycles. The molecule has 0 aliphatic carbocycles. The van der Waals surface area contributed by atoms with Crippen LogP contribution in [0.4, 0.5) is 0 Å². The normalized spacial score (nSPS) is 11.1. The van der Waals surface area contributed by atoms with Crippen molar-refractivity contribution in [3.05, 3.63) is 12.2 Å². The number of allylic oxidation sites excluding steroid dienone is 2. The van der Waals surface area contributed by atoms with Gasteiger partial charge in [-0.3, -0.25) is 9.69 Å². The van der Waals surface area contributed by atoms with Crippen LogP contribution in [-0.4, -0.2) is 31.6 Å².